The van der Waals surface area contributed by atoms with E-state index in [4.69, 9.17) is 4.74 Å². The molecule has 0 aromatic heterocycles. The van der Waals surface area contributed by atoms with E-state index in [2.05, 4.69) is 15.9 Å². The molecule has 0 aliphatic carbocycles. The molecule has 0 N–H and O–H groups in total. The Morgan fingerprint density at radius 2 is 2.15 bits per heavy atom. The van der Waals surface area contributed by atoms with Gasteiger partial charge in [0, 0.05) is 23.0 Å². The van der Waals surface area contributed by atoms with Crippen LogP contribution in [-0.2, 0) is 0 Å². The van der Waals surface area contributed by atoms with Gasteiger partial charge in [0.15, 0.2) is 0 Å². The lowest BCUT2D eigenvalue weighted by Gasteiger charge is -2.33. The first kappa shape index (κ1) is 15.2. The van der Waals surface area contributed by atoms with E-state index in [0.717, 1.165) is 0 Å². The molecule has 1 aliphatic rings. The van der Waals surface area contributed by atoms with Crippen molar-refractivity contribution in [1.82, 2.24) is 4.90 Å². The van der Waals surface area contributed by atoms with Gasteiger partial charge in [0.05, 0.1) is 19.2 Å². The minimum atomic E-state index is -2.80. The third-order valence-electron chi connectivity index (χ3n) is 3.48. The molecule has 1 heterocycles. The van der Waals surface area contributed by atoms with Crippen molar-refractivity contribution in [2.45, 2.75) is 25.7 Å². The molecular weight excluding hydrogens is 332 g/mol. The van der Waals surface area contributed by atoms with Crippen molar-refractivity contribution in [2.75, 3.05) is 20.2 Å². The Bertz CT molecular complexity index is 534. The average Bonchev–Trinajstić information content (AvgIpc) is 2.37. The highest BCUT2D eigenvalue weighted by Gasteiger charge is 2.38. The van der Waals surface area contributed by atoms with Crippen LogP contribution in [0.3, 0.4) is 0 Å². The minimum absolute atomic E-state index is 0.158. The lowest BCUT2D eigenvalue weighted by molar-refractivity contribution is -0.0560. The fraction of sp³-hybridized carbons (Fsp3) is 0.500. The van der Waals surface area contributed by atoms with Crippen LogP contribution in [0.25, 0.3) is 0 Å². The van der Waals surface area contributed by atoms with Gasteiger partial charge in [-0.25, -0.2) is 8.78 Å². The Labute approximate surface area is 125 Å². The Hall–Kier alpha value is -1.17. The molecule has 0 bridgehead atoms. The SMILES string of the molecule is COc1ccc(Br)c(C(=O)N2CCCC(F)(F)C2)c1C. The molecule has 20 heavy (non-hydrogen) atoms. The van der Waals surface area contributed by atoms with Gasteiger partial charge in [0.1, 0.15) is 5.75 Å². The van der Waals surface area contributed by atoms with Crippen LogP contribution in [-0.4, -0.2) is 36.9 Å². The van der Waals surface area contributed by atoms with E-state index in [-0.39, 0.29) is 12.3 Å². The normalized spacial score (nSPS) is 17.9. The molecule has 1 saturated heterocycles. The third kappa shape index (κ3) is 2.95. The van der Waals surface area contributed by atoms with E-state index in [1.54, 1.807) is 19.1 Å². The van der Waals surface area contributed by atoms with Crippen molar-refractivity contribution < 1.29 is 18.3 Å². The van der Waals surface area contributed by atoms with Gasteiger partial charge in [-0.3, -0.25) is 4.79 Å². The molecule has 6 heteroatoms. The molecule has 0 spiro atoms. The molecule has 0 radical (unpaired) electrons. The second-order valence-corrected chi connectivity index (χ2v) is 5.79. The van der Waals surface area contributed by atoms with Gasteiger partial charge in [-0.2, -0.15) is 0 Å². The van der Waals surface area contributed by atoms with E-state index in [1.807, 2.05) is 0 Å². The Morgan fingerprint density at radius 1 is 1.45 bits per heavy atom. The summed E-state index contributed by atoms with van der Waals surface area (Å²) in [6.07, 6.45) is 0.161. The molecular formula is C14H16BrF2NO2. The Kier molecular flexibility index (Phi) is 4.32. The number of carbonyl (C=O) groups excluding carboxylic acids is 1. The number of rotatable bonds is 2. The van der Waals surface area contributed by atoms with Crippen molar-refractivity contribution in [2.24, 2.45) is 0 Å². The summed E-state index contributed by atoms with van der Waals surface area (Å²) < 4.78 is 32.7. The Morgan fingerprint density at radius 3 is 2.75 bits per heavy atom. The first-order valence-corrected chi connectivity index (χ1v) is 7.15. The largest absolute Gasteiger partial charge is 0.496 e. The zero-order valence-corrected chi connectivity index (χ0v) is 13.0. The molecule has 1 fully saturated rings. The highest BCUT2D eigenvalue weighted by atomic mass is 79.9. The third-order valence-corrected chi connectivity index (χ3v) is 4.14. The van der Waals surface area contributed by atoms with Crippen LogP contribution in [0.5, 0.6) is 5.75 Å². The number of carbonyl (C=O) groups is 1. The van der Waals surface area contributed by atoms with Gasteiger partial charge in [-0.1, -0.05) is 0 Å². The predicted molar refractivity (Wildman–Crippen MR) is 75.5 cm³/mol. The summed E-state index contributed by atoms with van der Waals surface area (Å²) in [5.74, 6) is -2.61. The summed E-state index contributed by atoms with van der Waals surface area (Å²) in [5.41, 5.74) is 1.04. The van der Waals surface area contributed by atoms with Crippen molar-refractivity contribution in [1.29, 1.82) is 0 Å². The molecule has 1 amide bonds. The van der Waals surface area contributed by atoms with Crippen LogP contribution >= 0.6 is 15.9 Å². The monoisotopic (exact) mass is 347 g/mol. The number of nitrogens with zero attached hydrogens (tertiary/aromatic N) is 1. The lowest BCUT2D eigenvalue weighted by atomic mass is 10.0. The topological polar surface area (TPSA) is 29.5 Å². The van der Waals surface area contributed by atoms with E-state index in [1.165, 1.54) is 12.0 Å². The van der Waals surface area contributed by atoms with Gasteiger partial charge in [-0.05, 0) is 41.4 Å². The molecule has 1 aromatic rings. The summed E-state index contributed by atoms with van der Waals surface area (Å²) in [5, 5.41) is 0. The van der Waals surface area contributed by atoms with Crippen molar-refractivity contribution in [3.8, 4) is 5.75 Å². The number of hydrogen-bond acceptors (Lipinski definition) is 2. The van der Waals surface area contributed by atoms with E-state index in [9.17, 15) is 13.6 Å². The molecule has 2 rings (SSSR count). The van der Waals surface area contributed by atoms with E-state index in [0.29, 0.717) is 34.3 Å². The smallest absolute Gasteiger partial charge is 0.265 e. The second-order valence-electron chi connectivity index (χ2n) is 4.94. The maximum absolute atomic E-state index is 13.4. The van der Waals surface area contributed by atoms with Crippen LogP contribution in [0.1, 0.15) is 28.8 Å². The maximum Gasteiger partial charge on any atom is 0.265 e. The molecule has 1 aliphatic heterocycles. The lowest BCUT2D eigenvalue weighted by Crippen LogP contribution is -2.46. The van der Waals surface area contributed by atoms with Crippen molar-refractivity contribution >= 4 is 21.8 Å². The molecule has 0 saturated carbocycles. The highest BCUT2D eigenvalue weighted by molar-refractivity contribution is 9.10. The standard InChI is InChI=1S/C14H16BrF2NO2/c1-9-11(20-2)5-4-10(15)12(9)13(19)18-7-3-6-14(16,17)8-18/h4-5H,3,6-8H2,1-2H3. The summed E-state index contributed by atoms with van der Waals surface area (Å²) in [4.78, 5) is 13.7. The number of ether oxygens (including phenoxy) is 1. The van der Waals surface area contributed by atoms with Crippen molar-refractivity contribution in [3.05, 3.63) is 27.7 Å². The molecule has 1 aromatic carbocycles. The van der Waals surface area contributed by atoms with Crippen LogP contribution in [0.2, 0.25) is 0 Å². The van der Waals surface area contributed by atoms with Gasteiger partial charge in [-0.15, -0.1) is 0 Å². The first-order chi connectivity index (χ1) is 9.35. The number of benzene rings is 1. The quantitative estimate of drug-likeness (QED) is 0.817. The molecule has 0 atom stereocenters. The van der Waals surface area contributed by atoms with Crippen molar-refractivity contribution in [3.63, 3.8) is 0 Å². The summed E-state index contributed by atoms with van der Waals surface area (Å²) in [7, 11) is 1.51. The number of amides is 1. The van der Waals surface area contributed by atoms with Crippen LogP contribution in [0.15, 0.2) is 16.6 Å². The number of likely N-dealkylation sites (tertiary alicyclic amines) is 1. The number of piperidine rings is 1. The maximum atomic E-state index is 13.4. The van der Waals surface area contributed by atoms with E-state index < -0.39 is 12.5 Å². The number of alkyl halides is 2. The predicted octanol–water partition coefficient (Wildman–Crippen LogP) is 3.64. The van der Waals surface area contributed by atoms with E-state index >= 15 is 0 Å². The summed E-state index contributed by atoms with van der Waals surface area (Å²) >= 11 is 3.32. The Balaban J connectivity index is 2.34. The average molecular weight is 348 g/mol. The van der Waals surface area contributed by atoms with Crippen LogP contribution < -0.4 is 4.74 Å². The summed E-state index contributed by atoms with van der Waals surface area (Å²) in [6.45, 7) is 1.59. The number of hydrogen-bond donors (Lipinski definition) is 0. The number of methoxy groups -OCH3 is 1. The van der Waals surface area contributed by atoms with Crippen LogP contribution in [0.4, 0.5) is 8.78 Å². The van der Waals surface area contributed by atoms with Gasteiger partial charge < -0.3 is 9.64 Å². The van der Waals surface area contributed by atoms with Crippen LogP contribution in [0, 0.1) is 6.92 Å². The first-order valence-electron chi connectivity index (χ1n) is 6.36. The highest BCUT2D eigenvalue weighted by Crippen LogP contribution is 2.32. The van der Waals surface area contributed by atoms with Gasteiger partial charge in [0.25, 0.3) is 11.8 Å². The number of halogens is 3. The van der Waals surface area contributed by atoms with Gasteiger partial charge in [0.2, 0.25) is 0 Å². The zero-order chi connectivity index (χ0) is 14.9. The second kappa shape index (κ2) is 5.68. The fourth-order valence-corrected chi connectivity index (χ4v) is 3.04. The minimum Gasteiger partial charge on any atom is -0.496 e. The fourth-order valence-electron chi connectivity index (χ4n) is 2.44. The molecule has 0 unspecified atom stereocenters. The molecule has 3 nitrogen and oxygen atoms in total. The van der Waals surface area contributed by atoms with Gasteiger partial charge >= 0.3 is 0 Å². The summed E-state index contributed by atoms with van der Waals surface area (Å²) in [6, 6.07) is 3.43. The molecule has 110 valence electrons. The zero-order valence-electron chi connectivity index (χ0n) is 11.4.